The summed E-state index contributed by atoms with van der Waals surface area (Å²) < 4.78 is 4.76. The van der Waals surface area contributed by atoms with Crippen molar-refractivity contribution in [3.05, 3.63) is 212 Å². The highest BCUT2D eigenvalue weighted by molar-refractivity contribution is 6.11. The molecule has 0 atom stereocenters. The molecule has 55 heavy (non-hydrogen) atoms. The van der Waals surface area contributed by atoms with Crippen LogP contribution in [0.4, 0.5) is 17.1 Å². The Morgan fingerprint density at radius 3 is 1.38 bits per heavy atom. The number of hydrogen-bond donors (Lipinski definition) is 0. The summed E-state index contributed by atoms with van der Waals surface area (Å²) in [5, 5.41) is 7.47. The van der Waals surface area contributed by atoms with E-state index in [-0.39, 0.29) is 0 Å². The third kappa shape index (κ3) is 5.05. The van der Waals surface area contributed by atoms with E-state index >= 15 is 0 Å². The predicted molar refractivity (Wildman–Crippen MR) is 233 cm³/mol. The van der Waals surface area contributed by atoms with Crippen LogP contribution >= 0.6 is 0 Å². The highest BCUT2D eigenvalue weighted by Gasteiger charge is 2.18. The van der Waals surface area contributed by atoms with Gasteiger partial charge in [0, 0.05) is 49.7 Å². The van der Waals surface area contributed by atoms with Crippen molar-refractivity contribution >= 4 is 71.4 Å². The van der Waals surface area contributed by atoms with Crippen LogP contribution in [0.15, 0.2) is 212 Å². The number of rotatable bonds is 6. The Balaban J connectivity index is 1.03. The van der Waals surface area contributed by atoms with E-state index in [1.165, 1.54) is 65.5 Å². The molecule has 0 fully saturated rings. The lowest BCUT2D eigenvalue weighted by Crippen LogP contribution is -2.10. The maximum absolute atomic E-state index is 2.39. The van der Waals surface area contributed by atoms with Crippen molar-refractivity contribution in [1.29, 1.82) is 0 Å². The first-order valence-electron chi connectivity index (χ1n) is 18.9. The molecule has 3 nitrogen and oxygen atoms in total. The fraction of sp³-hybridized carbons (Fsp3) is 0. The van der Waals surface area contributed by atoms with Crippen LogP contribution in [0.25, 0.3) is 76.9 Å². The fourth-order valence-electron chi connectivity index (χ4n) is 8.59. The highest BCUT2D eigenvalue weighted by Crippen LogP contribution is 2.41. The molecule has 2 heterocycles. The lowest BCUT2D eigenvalue weighted by molar-refractivity contribution is 1.17. The molecule has 0 saturated carbocycles. The van der Waals surface area contributed by atoms with E-state index in [1.54, 1.807) is 0 Å². The summed E-state index contributed by atoms with van der Waals surface area (Å²) in [4.78, 5) is 2.39. The summed E-state index contributed by atoms with van der Waals surface area (Å²) in [6.45, 7) is 0. The molecule has 0 bridgehead atoms. The monoisotopic (exact) mass is 701 g/mol. The Morgan fingerprint density at radius 2 is 0.745 bits per heavy atom. The molecule has 0 spiro atoms. The number of nitrogens with zero attached hydrogens (tertiary/aromatic N) is 3. The van der Waals surface area contributed by atoms with Gasteiger partial charge < -0.3 is 14.0 Å². The van der Waals surface area contributed by atoms with Crippen molar-refractivity contribution in [2.45, 2.75) is 0 Å². The lowest BCUT2D eigenvalue weighted by atomic mass is 10.0. The smallest absolute Gasteiger partial charge is 0.0547 e. The molecule has 3 heteroatoms. The normalized spacial score (nSPS) is 11.6. The number of fused-ring (bicyclic) bond motifs is 7. The Bertz CT molecular complexity index is 3130. The van der Waals surface area contributed by atoms with Crippen molar-refractivity contribution in [1.82, 2.24) is 9.13 Å². The van der Waals surface area contributed by atoms with Crippen molar-refractivity contribution < 1.29 is 0 Å². The number of benzene rings is 9. The first-order chi connectivity index (χ1) is 27.3. The summed E-state index contributed by atoms with van der Waals surface area (Å²) in [7, 11) is 0. The van der Waals surface area contributed by atoms with Crippen LogP contribution in [0.2, 0.25) is 0 Å². The zero-order valence-electron chi connectivity index (χ0n) is 30.0. The van der Waals surface area contributed by atoms with Crippen molar-refractivity contribution in [3.63, 3.8) is 0 Å². The predicted octanol–water partition coefficient (Wildman–Crippen LogP) is 14.2. The number of para-hydroxylation sites is 4. The van der Waals surface area contributed by atoms with Gasteiger partial charge in [-0.3, -0.25) is 0 Å². The molecule has 0 saturated heterocycles. The number of hydrogen-bond acceptors (Lipinski definition) is 1. The van der Waals surface area contributed by atoms with Gasteiger partial charge in [0.2, 0.25) is 0 Å². The molecule has 0 aliphatic carbocycles. The molecule has 0 aliphatic heterocycles. The quantitative estimate of drug-likeness (QED) is 0.168. The van der Waals surface area contributed by atoms with Crippen molar-refractivity contribution in [3.8, 4) is 22.5 Å². The first-order valence-corrected chi connectivity index (χ1v) is 18.9. The maximum atomic E-state index is 2.39. The summed E-state index contributed by atoms with van der Waals surface area (Å²) in [6.07, 6.45) is 0. The first kappa shape index (κ1) is 31.2. The van der Waals surface area contributed by atoms with Crippen LogP contribution in [0.3, 0.4) is 0 Å². The molecule has 0 N–H and O–H groups in total. The minimum Gasteiger partial charge on any atom is -0.310 e. The minimum atomic E-state index is 1.10. The molecule has 258 valence electrons. The van der Waals surface area contributed by atoms with Crippen LogP contribution in [0, 0.1) is 0 Å². The molecular weight excluding hydrogens is 667 g/mol. The van der Waals surface area contributed by atoms with E-state index < -0.39 is 0 Å². The minimum absolute atomic E-state index is 1.10. The average molecular weight is 702 g/mol. The Kier molecular flexibility index (Phi) is 7.17. The highest BCUT2D eigenvalue weighted by atomic mass is 15.1. The lowest BCUT2D eigenvalue weighted by Gasteiger charge is -2.27. The van der Waals surface area contributed by atoms with Crippen LogP contribution in [0.5, 0.6) is 0 Å². The van der Waals surface area contributed by atoms with E-state index in [9.17, 15) is 0 Å². The van der Waals surface area contributed by atoms with Gasteiger partial charge in [0.1, 0.15) is 0 Å². The Labute approximate surface area is 319 Å². The molecule has 0 aliphatic rings. The third-order valence-corrected chi connectivity index (χ3v) is 11.1. The Hall–Kier alpha value is -7.36. The van der Waals surface area contributed by atoms with Gasteiger partial charge in [0.25, 0.3) is 0 Å². The fourth-order valence-corrected chi connectivity index (χ4v) is 8.59. The van der Waals surface area contributed by atoms with Crippen LogP contribution < -0.4 is 4.90 Å². The summed E-state index contributed by atoms with van der Waals surface area (Å²) in [5.41, 5.74) is 12.8. The van der Waals surface area contributed by atoms with Crippen LogP contribution in [0.1, 0.15) is 0 Å². The van der Waals surface area contributed by atoms with Crippen molar-refractivity contribution in [2.24, 2.45) is 0 Å². The summed E-state index contributed by atoms with van der Waals surface area (Å²) in [6, 6.07) is 76.9. The van der Waals surface area contributed by atoms with Gasteiger partial charge in [0.05, 0.1) is 27.8 Å². The second kappa shape index (κ2) is 12.6. The molecule has 11 rings (SSSR count). The Morgan fingerprint density at radius 1 is 0.291 bits per heavy atom. The molecule has 2 aromatic heterocycles. The van der Waals surface area contributed by atoms with Crippen LogP contribution in [-0.2, 0) is 0 Å². The van der Waals surface area contributed by atoms with Gasteiger partial charge in [0.15, 0.2) is 0 Å². The van der Waals surface area contributed by atoms with Gasteiger partial charge in [-0.1, -0.05) is 133 Å². The molecular formula is C52H35N3. The van der Waals surface area contributed by atoms with Crippen LogP contribution in [-0.4, -0.2) is 9.13 Å². The van der Waals surface area contributed by atoms with E-state index in [4.69, 9.17) is 0 Å². The number of anilines is 3. The second-order valence-corrected chi connectivity index (χ2v) is 14.2. The van der Waals surface area contributed by atoms with Gasteiger partial charge in [-0.05, 0) is 95.4 Å². The molecule has 9 aromatic carbocycles. The van der Waals surface area contributed by atoms with Gasteiger partial charge >= 0.3 is 0 Å². The largest absolute Gasteiger partial charge is 0.310 e. The summed E-state index contributed by atoms with van der Waals surface area (Å²) >= 11 is 0. The van der Waals surface area contributed by atoms with Gasteiger partial charge in [-0.2, -0.15) is 0 Å². The van der Waals surface area contributed by atoms with Gasteiger partial charge in [-0.25, -0.2) is 0 Å². The molecule has 0 unspecified atom stereocenters. The SMILES string of the molecule is c1ccc(-n2c3ccccc3c3ccc(-c4ccc(N(c5ccc(-n6c7ccccc7c7ccccc76)cc5)c5cccc6ccccc56)cc4)cc32)cc1. The molecule has 0 radical (unpaired) electrons. The molecule has 0 amide bonds. The third-order valence-electron chi connectivity index (χ3n) is 11.1. The zero-order valence-corrected chi connectivity index (χ0v) is 30.0. The van der Waals surface area contributed by atoms with E-state index in [2.05, 4.69) is 226 Å². The average Bonchev–Trinajstić information content (AvgIpc) is 3.77. The van der Waals surface area contributed by atoms with Gasteiger partial charge in [-0.15, -0.1) is 0 Å². The summed E-state index contributed by atoms with van der Waals surface area (Å²) in [5.74, 6) is 0. The second-order valence-electron chi connectivity index (χ2n) is 14.2. The maximum Gasteiger partial charge on any atom is 0.0547 e. The molecule has 11 aromatic rings. The van der Waals surface area contributed by atoms with E-state index in [1.807, 2.05) is 0 Å². The zero-order chi connectivity index (χ0) is 36.3. The topological polar surface area (TPSA) is 13.1 Å². The van der Waals surface area contributed by atoms with E-state index in [0.29, 0.717) is 0 Å². The standard InChI is InChI=1S/C52H35N3/c1-2-15-39(16-3-1)55-51-23-11-8-20-46(51)47-34-27-38(35-52(47)55)36-25-28-40(29-26-36)53(48-24-12-14-37-13-4-5-17-43(37)48)41-30-32-42(33-31-41)54-49-21-9-6-18-44(49)45-19-7-10-22-50(45)54/h1-35H. The van der Waals surface area contributed by atoms with E-state index in [0.717, 1.165) is 28.4 Å². The van der Waals surface area contributed by atoms with Crippen molar-refractivity contribution in [2.75, 3.05) is 4.90 Å². The number of aromatic nitrogens is 2.